The monoisotopic (exact) mass is 339 g/mol. The van der Waals surface area contributed by atoms with Crippen LogP contribution in [0, 0.1) is 0 Å². The second-order valence-electron chi connectivity index (χ2n) is 5.17. The summed E-state index contributed by atoms with van der Waals surface area (Å²) >= 11 is 0. The van der Waals surface area contributed by atoms with E-state index in [1.54, 1.807) is 0 Å². The molecule has 0 aromatic carbocycles. The quantitative estimate of drug-likeness (QED) is 0.682. The number of hydrogen-bond donors (Lipinski definition) is 1. The Labute approximate surface area is 136 Å². The van der Waals surface area contributed by atoms with Crippen LogP contribution in [-0.2, 0) is 23.8 Å². The molecule has 24 heavy (non-hydrogen) atoms. The molecule has 3 atom stereocenters. The van der Waals surface area contributed by atoms with Crippen molar-refractivity contribution >= 4 is 17.8 Å². The van der Waals surface area contributed by atoms with Gasteiger partial charge in [-0.05, 0) is 0 Å². The molecule has 1 aromatic heterocycles. The third-order valence-corrected chi connectivity index (χ3v) is 3.36. The van der Waals surface area contributed by atoms with Gasteiger partial charge >= 0.3 is 11.9 Å². The smallest absolute Gasteiger partial charge is 0.303 e. The third kappa shape index (κ3) is 3.96. The van der Waals surface area contributed by atoms with Crippen LogP contribution in [0.4, 0.5) is 0 Å². The van der Waals surface area contributed by atoms with E-state index in [1.165, 1.54) is 26.2 Å². The SMILES string of the molecule is CC(=O)OC[C@H]1OC(n2ccnc(C(N)=O)c2=O)C[C@H]1OC(C)=O. The Morgan fingerprint density at radius 1 is 1.38 bits per heavy atom. The van der Waals surface area contributed by atoms with E-state index in [9.17, 15) is 19.2 Å². The van der Waals surface area contributed by atoms with E-state index in [4.69, 9.17) is 19.9 Å². The second-order valence-corrected chi connectivity index (χ2v) is 5.17. The highest BCUT2D eigenvalue weighted by molar-refractivity contribution is 5.90. The highest BCUT2D eigenvalue weighted by atomic mass is 16.6. The van der Waals surface area contributed by atoms with Gasteiger partial charge in [0, 0.05) is 32.7 Å². The van der Waals surface area contributed by atoms with Crippen LogP contribution < -0.4 is 11.3 Å². The number of esters is 2. The van der Waals surface area contributed by atoms with E-state index in [0.29, 0.717) is 0 Å². The summed E-state index contributed by atoms with van der Waals surface area (Å²) in [5.41, 5.74) is 3.96. The lowest BCUT2D eigenvalue weighted by atomic mass is 10.2. The van der Waals surface area contributed by atoms with Crippen LogP contribution in [0.25, 0.3) is 0 Å². The van der Waals surface area contributed by atoms with Crippen LogP contribution in [0.1, 0.15) is 37.0 Å². The predicted molar refractivity (Wildman–Crippen MR) is 77.7 cm³/mol. The molecule has 1 unspecified atom stereocenters. The van der Waals surface area contributed by atoms with E-state index in [1.807, 2.05) is 0 Å². The molecule has 0 radical (unpaired) electrons. The third-order valence-electron chi connectivity index (χ3n) is 3.36. The standard InChI is InChI=1S/C14H17N3O7/c1-7(18)22-6-10-9(23-8(2)19)5-11(24-10)17-4-3-16-12(13(15)20)14(17)21/h3-4,9-11H,5-6H2,1-2H3,(H2,15,20)/t9-,10-,11?/m1/s1. The molecule has 1 aliphatic heterocycles. The van der Waals surface area contributed by atoms with E-state index in [2.05, 4.69) is 4.98 Å². The molecule has 1 aliphatic rings. The van der Waals surface area contributed by atoms with Gasteiger partial charge in [-0.25, -0.2) is 4.98 Å². The molecule has 1 fully saturated rings. The number of nitrogens with two attached hydrogens (primary N) is 1. The molecule has 10 heteroatoms. The molecule has 0 aliphatic carbocycles. The Morgan fingerprint density at radius 2 is 2.08 bits per heavy atom. The average Bonchev–Trinajstić information content (AvgIpc) is 2.87. The minimum Gasteiger partial charge on any atom is -0.463 e. The first-order chi connectivity index (χ1) is 11.3. The lowest BCUT2D eigenvalue weighted by molar-refractivity contribution is -0.155. The summed E-state index contributed by atoms with van der Waals surface area (Å²) in [7, 11) is 0. The van der Waals surface area contributed by atoms with E-state index < -0.39 is 47.5 Å². The number of rotatable bonds is 5. The molecule has 1 amide bonds. The molecule has 0 spiro atoms. The number of ether oxygens (including phenoxy) is 3. The fourth-order valence-electron chi connectivity index (χ4n) is 2.38. The fraction of sp³-hybridized carbons (Fsp3) is 0.500. The first kappa shape index (κ1) is 17.6. The first-order valence-electron chi connectivity index (χ1n) is 7.12. The van der Waals surface area contributed by atoms with Gasteiger partial charge in [-0.1, -0.05) is 0 Å². The molecule has 1 saturated heterocycles. The summed E-state index contributed by atoms with van der Waals surface area (Å²) in [6.07, 6.45) is 0.462. The number of carbonyl (C=O) groups is 3. The van der Waals surface area contributed by atoms with Crippen molar-refractivity contribution in [1.82, 2.24) is 9.55 Å². The van der Waals surface area contributed by atoms with Crippen molar-refractivity contribution in [2.24, 2.45) is 5.73 Å². The maximum absolute atomic E-state index is 12.2. The number of amides is 1. The van der Waals surface area contributed by atoms with Gasteiger partial charge in [0.05, 0.1) is 0 Å². The lowest BCUT2D eigenvalue weighted by Gasteiger charge is -2.17. The second kappa shape index (κ2) is 7.21. The van der Waals surface area contributed by atoms with Gasteiger partial charge in [0.25, 0.3) is 11.5 Å². The Balaban J connectivity index is 2.24. The average molecular weight is 339 g/mol. The zero-order valence-corrected chi connectivity index (χ0v) is 13.1. The number of carbonyl (C=O) groups excluding carboxylic acids is 3. The number of nitrogens with zero attached hydrogens (tertiary/aromatic N) is 2. The zero-order valence-electron chi connectivity index (χ0n) is 13.1. The number of hydrogen-bond acceptors (Lipinski definition) is 8. The van der Waals surface area contributed by atoms with Crippen LogP contribution in [0.5, 0.6) is 0 Å². The van der Waals surface area contributed by atoms with Gasteiger partial charge in [0.1, 0.15) is 25.0 Å². The van der Waals surface area contributed by atoms with E-state index >= 15 is 0 Å². The minimum atomic E-state index is -0.958. The van der Waals surface area contributed by atoms with Crippen LogP contribution in [0.3, 0.4) is 0 Å². The van der Waals surface area contributed by atoms with Crippen molar-refractivity contribution in [2.45, 2.75) is 38.7 Å². The van der Waals surface area contributed by atoms with Crippen molar-refractivity contribution in [2.75, 3.05) is 6.61 Å². The highest BCUT2D eigenvalue weighted by Crippen LogP contribution is 2.30. The first-order valence-corrected chi connectivity index (χ1v) is 7.12. The van der Waals surface area contributed by atoms with Crippen molar-refractivity contribution in [1.29, 1.82) is 0 Å². The Bertz CT molecular complexity index is 715. The van der Waals surface area contributed by atoms with Crippen molar-refractivity contribution in [3.8, 4) is 0 Å². The highest BCUT2D eigenvalue weighted by Gasteiger charge is 2.39. The molecule has 130 valence electrons. The van der Waals surface area contributed by atoms with Crippen molar-refractivity contribution < 1.29 is 28.6 Å². The summed E-state index contributed by atoms with van der Waals surface area (Å²) in [4.78, 5) is 49.2. The van der Waals surface area contributed by atoms with Gasteiger partial charge in [0.2, 0.25) is 0 Å². The molecule has 2 rings (SSSR count). The summed E-state index contributed by atoms with van der Waals surface area (Å²) < 4.78 is 16.8. The zero-order chi connectivity index (χ0) is 17.9. The van der Waals surface area contributed by atoms with Gasteiger partial charge in [-0.15, -0.1) is 0 Å². The van der Waals surface area contributed by atoms with E-state index in [-0.39, 0.29) is 13.0 Å². The molecule has 2 heterocycles. The fourth-order valence-corrected chi connectivity index (χ4v) is 2.38. The molecular weight excluding hydrogens is 322 g/mol. The van der Waals surface area contributed by atoms with Gasteiger partial charge < -0.3 is 19.9 Å². The van der Waals surface area contributed by atoms with Gasteiger partial charge in [-0.2, -0.15) is 0 Å². The topological polar surface area (TPSA) is 140 Å². The molecule has 2 N–H and O–H groups in total. The van der Waals surface area contributed by atoms with Crippen LogP contribution >= 0.6 is 0 Å². The van der Waals surface area contributed by atoms with Crippen molar-refractivity contribution in [3.05, 3.63) is 28.4 Å². The Hall–Kier alpha value is -2.75. The van der Waals surface area contributed by atoms with Crippen LogP contribution in [0.2, 0.25) is 0 Å². The van der Waals surface area contributed by atoms with Crippen LogP contribution in [-0.4, -0.2) is 46.2 Å². The molecule has 0 saturated carbocycles. The lowest BCUT2D eigenvalue weighted by Crippen LogP contribution is -2.33. The predicted octanol–water partition coefficient (Wildman–Crippen LogP) is -0.875. The minimum absolute atomic E-state index is 0.133. The van der Waals surface area contributed by atoms with E-state index in [0.717, 1.165) is 4.57 Å². The summed E-state index contributed by atoms with van der Waals surface area (Å²) in [5, 5.41) is 0. The summed E-state index contributed by atoms with van der Waals surface area (Å²) in [6.45, 7) is 2.34. The maximum Gasteiger partial charge on any atom is 0.303 e. The summed E-state index contributed by atoms with van der Waals surface area (Å²) in [6, 6.07) is 0. The van der Waals surface area contributed by atoms with Gasteiger partial charge in [0.15, 0.2) is 5.69 Å². The normalized spacial score (nSPS) is 22.8. The van der Waals surface area contributed by atoms with Gasteiger partial charge in [-0.3, -0.25) is 23.7 Å². The molecular formula is C14H17N3O7. The molecule has 10 nitrogen and oxygen atoms in total. The Morgan fingerprint density at radius 3 is 2.67 bits per heavy atom. The van der Waals surface area contributed by atoms with Crippen LogP contribution in [0.15, 0.2) is 17.2 Å². The Kier molecular flexibility index (Phi) is 5.29. The number of primary amides is 1. The summed E-state index contributed by atoms with van der Waals surface area (Å²) in [5.74, 6) is -2.00. The number of aromatic nitrogens is 2. The maximum atomic E-state index is 12.2. The molecule has 1 aromatic rings. The van der Waals surface area contributed by atoms with Crippen molar-refractivity contribution in [3.63, 3.8) is 0 Å². The molecule has 0 bridgehead atoms. The largest absolute Gasteiger partial charge is 0.463 e.